The van der Waals surface area contributed by atoms with E-state index >= 15 is 0 Å². The van der Waals surface area contributed by atoms with Crippen LogP contribution in [0.1, 0.15) is 11.1 Å². The molecule has 0 bridgehead atoms. The van der Waals surface area contributed by atoms with Crippen molar-refractivity contribution < 1.29 is 9.53 Å². The molecule has 0 fully saturated rings. The van der Waals surface area contributed by atoms with Crippen molar-refractivity contribution in [1.82, 2.24) is 0 Å². The van der Waals surface area contributed by atoms with Crippen LogP contribution in [0.25, 0.3) is 12.2 Å². The number of carbonyl (C=O) groups excluding carboxylic acids is 1. The topological polar surface area (TPSA) is 26.3 Å². The predicted octanol–water partition coefficient (Wildman–Crippen LogP) is 4.61. The van der Waals surface area contributed by atoms with Gasteiger partial charge in [-0.25, -0.2) is 4.79 Å². The van der Waals surface area contributed by atoms with E-state index in [1.807, 2.05) is 60.7 Å². The van der Waals surface area contributed by atoms with Crippen molar-refractivity contribution in [3.05, 3.63) is 82.9 Å². The Kier molecular flexibility index (Phi) is 5.80. The molecule has 0 atom stereocenters. The first-order valence-corrected chi connectivity index (χ1v) is 6.94. The van der Waals surface area contributed by atoms with Gasteiger partial charge >= 0.3 is 5.97 Å². The van der Waals surface area contributed by atoms with Crippen LogP contribution in [0.15, 0.2) is 66.7 Å². The number of benzene rings is 2. The van der Waals surface area contributed by atoms with E-state index in [9.17, 15) is 4.79 Å². The van der Waals surface area contributed by atoms with Crippen molar-refractivity contribution >= 4 is 29.7 Å². The van der Waals surface area contributed by atoms with Gasteiger partial charge < -0.3 is 4.74 Å². The van der Waals surface area contributed by atoms with E-state index in [-0.39, 0.29) is 12.6 Å². The van der Waals surface area contributed by atoms with E-state index in [0.29, 0.717) is 5.02 Å². The van der Waals surface area contributed by atoms with Crippen LogP contribution < -0.4 is 0 Å². The minimum Gasteiger partial charge on any atom is -0.458 e. The summed E-state index contributed by atoms with van der Waals surface area (Å²) in [5.74, 6) is -0.361. The average Bonchev–Trinajstić information content (AvgIpc) is 2.52. The highest BCUT2D eigenvalue weighted by Gasteiger charge is 1.94. The monoisotopic (exact) mass is 298 g/mol. The lowest BCUT2D eigenvalue weighted by Crippen LogP contribution is -1.99. The molecule has 0 unspecified atom stereocenters. The third kappa shape index (κ3) is 5.67. The Hall–Kier alpha value is -2.32. The van der Waals surface area contributed by atoms with Crippen LogP contribution in [0, 0.1) is 0 Å². The number of esters is 1. The first-order valence-electron chi connectivity index (χ1n) is 6.56. The molecule has 0 aliphatic heterocycles. The minimum atomic E-state index is -0.361. The number of halogens is 1. The van der Waals surface area contributed by atoms with E-state index in [0.717, 1.165) is 11.1 Å². The molecule has 0 aliphatic carbocycles. The lowest BCUT2D eigenvalue weighted by Gasteiger charge is -1.97. The van der Waals surface area contributed by atoms with E-state index in [1.165, 1.54) is 6.08 Å². The van der Waals surface area contributed by atoms with Gasteiger partial charge in [0.15, 0.2) is 0 Å². The zero-order valence-corrected chi connectivity index (χ0v) is 12.2. The summed E-state index contributed by atoms with van der Waals surface area (Å²) in [6, 6.07) is 17.0. The molecule has 0 aliphatic rings. The van der Waals surface area contributed by atoms with Gasteiger partial charge in [-0.3, -0.25) is 0 Å². The van der Waals surface area contributed by atoms with Crippen molar-refractivity contribution in [1.29, 1.82) is 0 Å². The summed E-state index contributed by atoms with van der Waals surface area (Å²) in [6.45, 7) is 0.237. The van der Waals surface area contributed by atoms with Crippen molar-refractivity contribution in [2.75, 3.05) is 6.61 Å². The molecule has 0 saturated heterocycles. The predicted molar refractivity (Wildman–Crippen MR) is 86.9 cm³/mol. The van der Waals surface area contributed by atoms with E-state index in [1.54, 1.807) is 12.2 Å². The lowest BCUT2D eigenvalue weighted by atomic mass is 10.2. The van der Waals surface area contributed by atoms with Crippen LogP contribution in [-0.4, -0.2) is 12.6 Å². The molecular weight excluding hydrogens is 284 g/mol. The Morgan fingerprint density at radius 3 is 2.33 bits per heavy atom. The summed E-state index contributed by atoms with van der Waals surface area (Å²) >= 11 is 5.80. The Labute approximate surface area is 129 Å². The molecule has 0 saturated carbocycles. The maximum absolute atomic E-state index is 11.5. The van der Waals surface area contributed by atoms with Crippen molar-refractivity contribution in [3.8, 4) is 0 Å². The molecule has 2 aromatic carbocycles. The van der Waals surface area contributed by atoms with Gasteiger partial charge in [0, 0.05) is 11.1 Å². The highest BCUT2D eigenvalue weighted by molar-refractivity contribution is 6.30. The summed E-state index contributed by atoms with van der Waals surface area (Å²) in [4.78, 5) is 11.5. The standard InChI is InChI=1S/C18H15ClO2/c19-17-11-8-16(9-12-17)7-4-14-21-18(20)13-10-15-5-2-1-3-6-15/h1-13H,14H2/b7-4+,13-10+. The molecule has 0 heterocycles. The maximum atomic E-state index is 11.5. The molecular formula is C18H15ClO2. The third-order valence-corrected chi connectivity index (χ3v) is 2.97. The van der Waals surface area contributed by atoms with Crippen molar-refractivity contribution in [3.63, 3.8) is 0 Å². The smallest absolute Gasteiger partial charge is 0.331 e. The summed E-state index contributed by atoms with van der Waals surface area (Å²) in [7, 11) is 0. The molecule has 0 radical (unpaired) electrons. The summed E-state index contributed by atoms with van der Waals surface area (Å²) in [5.41, 5.74) is 1.97. The molecule has 2 nitrogen and oxygen atoms in total. The van der Waals surface area contributed by atoms with Gasteiger partial charge in [0.05, 0.1) is 0 Å². The third-order valence-electron chi connectivity index (χ3n) is 2.71. The molecule has 0 N–H and O–H groups in total. The fraction of sp³-hybridized carbons (Fsp3) is 0.0556. The first kappa shape index (κ1) is 15.1. The molecule has 0 spiro atoms. The van der Waals surface area contributed by atoms with Crippen molar-refractivity contribution in [2.24, 2.45) is 0 Å². The zero-order valence-electron chi connectivity index (χ0n) is 11.4. The quantitative estimate of drug-likeness (QED) is 0.595. The molecule has 0 amide bonds. The number of ether oxygens (including phenoxy) is 1. The summed E-state index contributed by atoms with van der Waals surface area (Å²) in [5, 5.41) is 0.699. The van der Waals surface area contributed by atoms with Gasteiger partial charge in [-0.2, -0.15) is 0 Å². The Balaban J connectivity index is 1.76. The second-order valence-electron chi connectivity index (χ2n) is 4.33. The molecule has 21 heavy (non-hydrogen) atoms. The summed E-state index contributed by atoms with van der Waals surface area (Å²) in [6.07, 6.45) is 6.82. The van der Waals surface area contributed by atoms with Crippen molar-refractivity contribution in [2.45, 2.75) is 0 Å². The maximum Gasteiger partial charge on any atom is 0.331 e. The highest BCUT2D eigenvalue weighted by Crippen LogP contribution is 2.10. The normalized spacial score (nSPS) is 11.1. The van der Waals surface area contributed by atoms with E-state index in [2.05, 4.69) is 0 Å². The Morgan fingerprint density at radius 1 is 0.952 bits per heavy atom. The molecule has 2 aromatic rings. The van der Waals surface area contributed by atoms with Crippen LogP contribution in [0.5, 0.6) is 0 Å². The number of hydrogen-bond acceptors (Lipinski definition) is 2. The van der Waals surface area contributed by atoms with Crippen LogP contribution in [0.2, 0.25) is 5.02 Å². The number of carbonyl (C=O) groups is 1. The number of hydrogen-bond donors (Lipinski definition) is 0. The average molecular weight is 299 g/mol. The molecule has 2 rings (SSSR count). The van der Waals surface area contributed by atoms with Crippen LogP contribution in [0.3, 0.4) is 0 Å². The molecule has 106 valence electrons. The van der Waals surface area contributed by atoms with Gasteiger partial charge in [-0.15, -0.1) is 0 Å². The van der Waals surface area contributed by atoms with E-state index < -0.39 is 0 Å². The fourth-order valence-electron chi connectivity index (χ4n) is 1.66. The van der Waals surface area contributed by atoms with Crippen LogP contribution in [0.4, 0.5) is 0 Å². The zero-order chi connectivity index (χ0) is 14.9. The van der Waals surface area contributed by atoms with Gasteiger partial charge in [-0.1, -0.05) is 60.1 Å². The van der Waals surface area contributed by atoms with E-state index in [4.69, 9.17) is 16.3 Å². The lowest BCUT2D eigenvalue weighted by molar-refractivity contribution is -0.136. The van der Waals surface area contributed by atoms with Gasteiger partial charge in [0.25, 0.3) is 0 Å². The Morgan fingerprint density at radius 2 is 1.62 bits per heavy atom. The highest BCUT2D eigenvalue weighted by atomic mass is 35.5. The largest absolute Gasteiger partial charge is 0.458 e. The second-order valence-corrected chi connectivity index (χ2v) is 4.76. The van der Waals surface area contributed by atoms with Crippen LogP contribution >= 0.6 is 11.6 Å². The van der Waals surface area contributed by atoms with Gasteiger partial charge in [-0.05, 0) is 35.4 Å². The first-order chi connectivity index (χ1) is 10.2. The Bertz CT molecular complexity index is 628. The van der Waals surface area contributed by atoms with Crippen LogP contribution in [-0.2, 0) is 9.53 Å². The fourth-order valence-corrected chi connectivity index (χ4v) is 1.79. The van der Waals surface area contributed by atoms with Gasteiger partial charge in [0.2, 0.25) is 0 Å². The second kappa shape index (κ2) is 8.08. The molecule has 0 aromatic heterocycles. The molecule has 3 heteroatoms. The van der Waals surface area contributed by atoms with Gasteiger partial charge in [0.1, 0.15) is 6.61 Å². The SMILES string of the molecule is O=C(/C=C/c1ccccc1)OC/C=C/c1ccc(Cl)cc1. The minimum absolute atomic E-state index is 0.237. The number of rotatable bonds is 5. The summed E-state index contributed by atoms with van der Waals surface area (Å²) < 4.78 is 5.07.